The Labute approximate surface area is 111 Å². The molecule has 0 radical (unpaired) electrons. The lowest BCUT2D eigenvalue weighted by Gasteiger charge is -2.23. The number of hydrogen-bond acceptors (Lipinski definition) is 3. The molecule has 98 valence electrons. The van der Waals surface area contributed by atoms with Gasteiger partial charge in [0.25, 0.3) is 5.91 Å². The van der Waals surface area contributed by atoms with E-state index in [9.17, 15) is 4.79 Å². The molecule has 2 heterocycles. The number of aromatic amines is 1. The first-order valence-electron chi connectivity index (χ1n) is 6.19. The summed E-state index contributed by atoms with van der Waals surface area (Å²) in [4.78, 5) is 14.6. The van der Waals surface area contributed by atoms with Crippen molar-refractivity contribution in [3.63, 3.8) is 0 Å². The Bertz CT molecular complexity index is 593. The minimum absolute atomic E-state index is 0.115. The number of H-pyrrole nitrogens is 1. The number of benzene rings is 1. The first-order valence-corrected chi connectivity index (χ1v) is 6.19. The van der Waals surface area contributed by atoms with E-state index in [0.29, 0.717) is 11.4 Å². The Hall–Kier alpha value is -2.43. The third kappa shape index (κ3) is 2.40. The number of ether oxygens (including phenoxy) is 1. The van der Waals surface area contributed by atoms with E-state index in [0.717, 1.165) is 12.2 Å². The highest BCUT2D eigenvalue weighted by atomic mass is 16.5. The molecular formula is C14H15N3O2. The Balaban J connectivity index is 1.74. The minimum Gasteiger partial charge on any atom is -0.479 e. The normalized spacial score (nSPS) is 17.3. The number of aromatic nitrogens is 1. The van der Waals surface area contributed by atoms with Crippen molar-refractivity contribution < 1.29 is 9.53 Å². The number of amides is 1. The summed E-state index contributed by atoms with van der Waals surface area (Å²) in [5.41, 5.74) is 2.83. The van der Waals surface area contributed by atoms with Crippen LogP contribution in [0.15, 0.2) is 36.7 Å². The highest BCUT2D eigenvalue weighted by molar-refractivity contribution is 5.98. The standard InChI is InChI=1S/C14H15N3O2/c1-9-14(18)17-12-6-11(2-3-13(12)19-9)16-8-10-4-5-15-7-10/h2-7,9,15-16H,8H2,1H3,(H,17,18). The monoisotopic (exact) mass is 257 g/mol. The lowest BCUT2D eigenvalue weighted by molar-refractivity contribution is -0.122. The fourth-order valence-electron chi connectivity index (χ4n) is 1.99. The van der Waals surface area contributed by atoms with Crippen molar-refractivity contribution in [2.45, 2.75) is 19.6 Å². The maximum Gasteiger partial charge on any atom is 0.265 e. The van der Waals surface area contributed by atoms with E-state index in [1.165, 1.54) is 5.56 Å². The fraction of sp³-hybridized carbons (Fsp3) is 0.214. The van der Waals surface area contributed by atoms with Crippen molar-refractivity contribution in [1.82, 2.24) is 4.98 Å². The second-order valence-corrected chi connectivity index (χ2v) is 4.53. The number of carbonyl (C=O) groups excluding carboxylic acids is 1. The maximum atomic E-state index is 11.6. The maximum absolute atomic E-state index is 11.6. The Morgan fingerprint density at radius 3 is 3.05 bits per heavy atom. The van der Waals surface area contributed by atoms with Crippen LogP contribution in [0.5, 0.6) is 5.75 Å². The highest BCUT2D eigenvalue weighted by Crippen LogP contribution is 2.32. The number of fused-ring (bicyclic) bond motifs is 1. The SMILES string of the molecule is CC1Oc2ccc(NCc3cc[nH]c3)cc2NC1=O. The Kier molecular flexibility index (Phi) is 2.87. The van der Waals surface area contributed by atoms with Gasteiger partial charge in [0.15, 0.2) is 6.10 Å². The van der Waals surface area contributed by atoms with E-state index in [-0.39, 0.29) is 5.91 Å². The van der Waals surface area contributed by atoms with Crippen LogP contribution < -0.4 is 15.4 Å². The quantitative estimate of drug-likeness (QED) is 0.790. The number of carbonyl (C=O) groups is 1. The fourth-order valence-corrected chi connectivity index (χ4v) is 1.99. The number of hydrogen-bond donors (Lipinski definition) is 3. The van der Waals surface area contributed by atoms with Crippen LogP contribution in [0.2, 0.25) is 0 Å². The smallest absolute Gasteiger partial charge is 0.265 e. The average Bonchev–Trinajstić information content (AvgIpc) is 2.91. The molecule has 0 saturated carbocycles. The van der Waals surface area contributed by atoms with Crippen LogP contribution in [0.1, 0.15) is 12.5 Å². The first-order chi connectivity index (χ1) is 9.22. The van der Waals surface area contributed by atoms with E-state index in [2.05, 4.69) is 15.6 Å². The van der Waals surface area contributed by atoms with E-state index >= 15 is 0 Å². The van der Waals surface area contributed by atoms with Gasteiger partial charge in [-0.3, -0.25) is 4.79 Å². The zero-order valence-corrected chi connectivity index (χ0v) is 10.6. The molecule has 1 amide bonds. The molecule has 0 saturated heterocycles. The molecule has 1 atom stereocenters. The van der Waals surface area contributed by atoms with Crippen LogP contribution >= 0.6 is 0 Å². The molecule has 19 heavy (non-hydrogen) atoms. The van der Waals surface area contributed by atoms with Crippen molar-refractivity contribution in [1.29, 1.82) is 0 Å². The number of rotatable bonds is 3. The van der Waals surface area contributed by atoms with Gasteiger partial charge in [-0.2, -0.15) is 0 Å². The third-order valence-corrected chi connectivity index (χ3v) is 3.07. The lowest BCUT2D eigenvalue weighted by atomic mass is 10.2. The van der Waals surface area contributed by atoms with Crippen LogP contribution in [0.25, 0.3) is 0 Å². The van der Waals surface area contributed by atoms with Crippen LogP contribution in [0.4, 0.5) is 11.4 Å². The van der Waals surface area contributed by atoms with Crippen molar-refractivity contribution in [2.24, 2.45) is 0 Å². The van der Waals surface area contributed by atoms with E-state index in [1.807, 2.05) is 36.7 Å². The summed E-state index contributed by atoms with van der Waals surface area (Å²) in [6, 6.07) is 7.70. The predicted octanol–water partition coefficient (Wildman–Crippen LogP) is 2.35. The summed E-state index contributed by atoms with van der Waals surface area (Å²) in [6.07, 6.45) is 3.39. The number of anilines is 2. The van der Waals surface area contributed by atoms with Gasteiger partial charge in [0.1, 0.15) is 5.75 Å². The van der Waals surface area contributed by atoms with Crippen molar-refractivity contribution in [3.05, 3.63) is 42.2 Å². The summed E-state index contributed by atoms with van der Waals surface area (Å²) in [5.74, 6) is 0.592. The lowest BCUT2D eigenvalue weighted by Crippen LogP contribution is -2.34. The first kappa shape index (κ1) is 11.6. The molecule has 1 aliphatic rings. The third-order valence-electron chi connectivity index (χ3n) is 3.07. The van der Waals surface area contributed by atoms with Gasteiger partial charge in [0.2, 0.25) is 0 Å². The topological polar surface area (TPSA) is 66.2 Å². The molecule has 5 nitrogen and oxygen atoms in total. The number of nitrogens with one attached hydrogen (secondary N) is 3. The minimum atomic E-state index is -0.439. The summed E-state index contributed by atoms with van der Waals surface area (Å²) in [5, 5.41) is 6.13. The molecule has 2 aromatic rings. The van der Waals surface area contributed by atoms with Gasteiger partial charge in [0.05, 0.1) is 5.69 Å². The molecule has 1 unspecified atom stereocenters. The zero-order valence-electron chi connectivity index (χ0n) is 10.6. The molecule has 3 rings (SSSR count). The van der Waals surface area contributed by atoms with Gasteiger partial charge in [-0.25, -0.2) is 0 Å². The molecule has 3 N–H and O–H groups in total. The zero-order chi connectivity index (χ0) is 13.2. The van der Waals surface area contributed by atoms with Crippen LogP contribution in [0.3, 0.4) is 0 Å². The van der Waals surface area contributed by atoms with E-state index < -0.39 is 6.10 Å². The van der Waals surface area contributed by atoms with Gasteiger partial charge in [-0.1, -0.05) is 0 Å². The predicted molar refractivity (Wildman–Crippen MR) is 73.3 cm³/mol. The molecule has 0 fully saturated rings. The largest absolute Gasteiger partial charge is 0.479 e. The van der Waals surface area contributed by atoms with Crippen LogP contribution in [-0.4, -0.2) is 17.0 Å². The molecule has 1 aromatic carbocycles. The molecule has 1 aromatic heterocycles. The molecular weight excluding hydrogens is 242 g/mol. The Morgan fingerprint density at radius 1 is 1.37 bits per heavy atom. The van der Waals surface area contributed by atoms with Crippen molar-refractivity contribution in [2.75, 3.05) is 10.6 Å². The van der Waals surface area contributed by atoms with Crippen LogP contribution in [0, 0.1) is 0 Å². The highest BCUT2D eigenvalue weighted by Gasteiger charge is 2.23. The van der Waals surface area contributed by atoms with Gasteiger partial charge in [-0.15, -0.1) is 0 Å². The van der Waals surface area contributed by atoms with Crippen molar-refractivity contribution in [3.8, 4) is 5.75 Å². The second kappa shape index (κ2) is 4.68. The summed E-state index contributed by atoms with van der Waals surface area (Å²) < 4.78 is 5.50. The molecule has 0 spiro atoms. The van der Waals surface area contributed by atoms with Gasteiger partial charge < -0.3 is 20.4 Å². The summed E-state index contributed by atoms with van der Waals surface area (Å²) in [7, 11) is 0. The van der Waals surface area contributed by atoms with Crippen molar-refractivity contribution >= 4 is 17.3 Å². The van der Waals surface area contributed by atoms with Gasteiger partial charge in [0, 0.05) is 24.6 Å². The van der Waals surface area contributed by atoms with E-state index in [4.69, 9.17) is 4.74 Å². The average molecular weight is 257 g/mol. The summed E-state index contributed by atoms with van der Waals surface area (Å²) in [6.45, 7) is 2.46. The van der Waals surface area contributed by atoms with Gasteiger partial charge in [-0.05, 0) is 36.8 Å². The molecule has 0 aliphatic carbocycles. The molecule has 1 aliphatic heterocycles. The summed E-state index contributed by atoms with van der Waals surface area (Å²) >= 11 is 0. The van der Waals surface area contributed by atoms with E-state index in [1.54, 1.807) is 6.92 Å². The van der Waals surface area contributed by atoms with Crippen LogP contribution in [-0.2, 0) is 11.3 Å². The van der Waals surface area contributed by atoms with Gasteiger partial charge >= 0.3 is 0 Å². The molecule has 0 bridgehead atoms. The Morgan fingerprint density at radius 2 is 2.26 bits per heavy atom. The molecule has 5 heteroatoms. The second-order valence-electron chi connectivity index (χ2n) is 4.53.